The van der Waals surface area contributed by atoms with Crippen LogP contribution in [0.15, 0.2) is 10.1 Å². The molecule has 0 aliphatic carbocycles. The maximum absolute atomic E-state index is 10.9. The molecule has 0 rings (SSSR count). The van der Waals surface area contributed by atoms with Crippen LogP contribution in [0, 0.1) is 0 Å². The molecule has 0 aliphatic heterocycles. The summed E-state index contributed by atoms with van der Waals surface area (Å²) in [5.74, 6) is 2.98. The third-order valence-electron chi connectivity index (χ3n) is 1.31. The Balaban J connectivity index is 4.48. The van der Waals surface area contributed by atoms with Crippen LogP contribution in [-0.4, -0.2) is 42.1 Å². The molecule has 0 aromatic rings. The Morgan fingerprint density at radius 3 is 2.50 bits per heavy atom. The zero-order valence-electron chi connectivity index (χ0n) is 7.80. The van der Waals surface area contributed by atoms with Gasteiger partial charge < -0.3 is 15.7 Å². The number of rotatable bonds is 4. The van der Waals surface area contributed by atoms with Crippen LogP contribution in [0.2, 0.25) is 0 Å². The number of nitrogens with zero attached hydrogens (tertiary/aromatic N) is 2. The van der Waals surface area contributed by atoms with E-state index in [0.717, 1.165) is 13.3 Å². The van der Waals surface area contributed by atoms with Crippen LogP contribution >= 0.6 is 0 Å². The second kappa shape index (κ2) is 5.68. The molecule has 0 aromatic carbocycles. The van der Waals surface area contributed by atoms with Crippen molar-refractivity contribution < 1.29 is 19.4 Å². The highest BCUT2D eigenvalue weighted by molar-refractivity contribution is 6.59. The van der Waals surface area contributed by atoms with Gasteiger partial charge in [-0.3, -0.25) is 4.99 Å². The maximum Gasteiger partial charge on any atom is 0.360 e. The molecule has 0 spiro atoms. The molecule has 1 unspecified atom stereocenters. The zero-order chi connectivity index (χ0) is 11.1. The standard InChI is InChI=1S/C7H11N3O4/c1-4(6(11)12)9-3-5(10-8)7(13)14-2/h3-4H,8H2,1-2H3,(H,11,12). The second-order valence-electron chi connectivity index (χ2n) is 2.30. The first-order valence-electron chi connectivity index (χ1n) is 3.65. The summed E-state index contributed by atoms with van der Waals surface area (Å²) >= 11 is 0. The minimum Gasteiger partial charge on any atom is -0.480 e. The number of carbonyl (C=O) groups excluding carboxylic acids is 1. The van der Waals surface area contributed by atoms with E-state index in [2.05, 4.69) is 14.8 Å². The lowest BCUT2D eigenvalue weighted by atomic mass is 10.3. The highest BCUT2D eigenvalue weighted by atomic mass is 16.5. The molecule has 0 aromatic heterocycles. The third kappa shape index (κ3) is 3.65. The Kier molecular flexibility index (Phi) is 4.90. The highest BCUT2D eigenvalue weighted by Gasteiger charge is 2.11. The molecule has 14 heavy (non-hydrogen) atoms. The highest BCUT2D eigenvalue weighted by Crippen LogP contribution is 1.88. The van der Waals surface area contributed by atoms with Crippen molar-refractivity contribution >= 4 is 23.9 Å². The largest absolute Gasteiger partial charge is 0.480 e. The van der Waals surface area contributed by atoms with Crippen molar-refractivity contribution in [2.45, 2.75) is 13.0 Å². The van der Waals surface area contributed by atoms with E-state index in [4.69, 9.17) is 10.9 Å². The van der Waals surface area contributed by atoms with Gasteiger partial charge in [0.25, 0.3) is 0 Å². The van der Waals surface area contributed by atoms with Crippen LogP contribution in [0.5, 0.6) is 0 Å². The number of ether oxygens (including phenoxy) is 1. The number of hydrogen-bond acceptors (Lipinski definition) is 6. The fraction of sp³-hybridized carbons (Fsp3) is 0.429. The minimum atomic E-state index is -1.11. The van der Waals surface area contributed by atoms with E-state index in [1.54, 1.807) is 0 Å². The number of carboxylic acids is 1. The average molecular weight is 201 g/mol. The SMILES string of the molecule is COC(=O)C(C=NC(C)C(=O)O)=NN. The molecule has 0 saturated heterocycles. The van der Waals surface area contributed by atoms with Crippen LogP contribution < -0.4 is 5.84 Å². The quantitative estimate of drug-likeness (QED) is 0.262. The van der Waals surface area contributed by atoms with Gasteiger partial charge in [-0.05, 0) is 6.92 Å². The summed E-state index contributed by atoms with van der Waals surface area (Å²) in [5.41, 5.74) is -0.236. The summed E-state index contributed by atoms with van der Waals surface area (Å²) in [6.45, 7) is 1.35. The molecular formula is C7H11N3O4. The van der Waals surface area contributed by atoms with Crippen LogP contribution in [0.3, 0.4) is 0 Å². The van der Waals surface area contributed by atoms with Gasteiger partial charge in [-0.15, -0.1) is 0 Å². The van der Waals surface area contributed by atoms with E-state index in [9.17, 15) is 9.59 Å². The summed E-state index contributed by atoms with van der Waals surface area (Å²) in [7, 11) is 1.15. The number of carbonyl (C=O) groups is 2. The zero-order valence-corrected chi connectivity index (χ0v) is 7.80. The summed E-state index contributed by atoms with van der Waals surface area (Å²) in [5, 5.41) is 11.6. The first kappa shape index (κ1) is 12.1. The summed E-state index contributed by atoms with van der Waals surface area (Å²) in [6.07, 6.45) is 0.963. The molecule has 7 nitrogen and oxygen atoms in total. The van der Waals surface area contributed by atoms with Crippen molar-refractivity contribution in [2.24, 2.45) is 15.9 Å². The van der Waals surface area contributed by atoms with Crippen LogP contribution in [0.25, 0.3) is 0 Å². The Morgan fingerprint density at radius 1 is 1.57 bits per heavy atom. The van der Waals surface area contributed by atoms with Crippen molar-refractivity contribution in [1.29, 1.82) is 0 Å². The van der Waals surface area contributed by atoms with Crippen molar-refractivity contribution in [3.05, 3.63) is 0 Å². The normalized spacial score (nSPS) is 14.0. The Hall–Kier alpha value is -1.92. The number of methoxy groups -OCH3 is 1. The van der Waals surface area contributed by atoms with Gasteiger partial charge in [0.05, 0.1) is 13.3 Å². The maximum atomic E-state index is 10.9. The second-order valence-corrected chi connectivity index (χ2v) is 2.30. The number of aliphatic carboxylic acids is 1. The van der Waals surface area contributed by atoms with Gasteiger partial charge in [-0.1, -0.05) is 0 Å². The van der Waals surface area contributed by atoms with E-state index in [-0.39, 0.29) is 5.71 Å². The van der Waals surface area contributed by atoms with E-state index < -0.39 is 18.0 Å². The number of aliphatic imine (C=N–C) groups is 1. The van der Waals surface area contributed by atoms with Crippen LogP contribution in [0.1, 0.15) is 6.92 Å². The molecule has 0 radical (unpaired) electrons. The molecule has 0 amide bonds. The van der Waals surface area contributed by atoms with E-state index in [1.807, 2.05) is 0 Å². The molecular weight excluding hydrogens is 190 g/mol. The van der Waals surface area contributed by atoms with E-state index >= 15 is 0 Å². The van der Waals surface area contributed by atoms with E-state index in [0.29, 0.717) is 0 Å². The molecule has 0 aliphatic rings. The lowest BCUT2D eigenvalue weighted by molar-refractivity contribution is -0.138. The Morgan fingerprint density at radius 2 is 2.14 bits per heavy atom. The Bertz CT molecular complexity index is 285. The van der Waals surface area contributed by atoms with Gasteiger partial charge >= 0.3 is 11.9 Å². The monoisotopic (exact) mass is 201 g/mol. The predicted molar refractivity (Wildman–Crippen MR) is 49.2 cm³/mol. The molecule has 0 saturated carbocycles. The first-order valence-corrected chi connectivity index (χ1v) is 3.65. The van der Waals surface area contributed by atoms with Crippen molar-refractivity contribution in [3.63, 3.8) is 0 Å². The van der Waals surface area contributed by atoms with Gasteiger partial charge in [0.1, 0.15) is 6.04 Å². The number of hydrogen-bond donors (Lipinski definition) is 2. The van der Waals surface area contributed by atoms with Crippen LogP contribution in [0.4, 0.5) is 0 Å². The van der Waals surface area contributed by atoms with Gasteiger partial charge in [-0.2, -0.15) is 5.10 Å². The van der Waals surface area contributed by atoms with Gasteiger partial charge in [0.2, 0.25) is 0 Å². The number of hydrazone groups is 1. The molecule has 1 atom stereocenters. The number of nitrogens with two attached hydrogens (primary N) is 1. The smallest absolute Gasteiger partial charge is 0.360 e. The van der Waals surface area contributed by atoms with Gasteiger partial charge in [0.15, 0.2) is 5.71 Å². The topological polar surface area (TPSA) is 114 Å². The van der Waals surface area contributed by atoms with Crippen molar-refractivity contribution in [1.82, 2.24) is 0 Å². The summed E-state index contributed by atoms with van der Waals surface area (Å²) in [4.78, 5) is 24.7. The summed E-state index contributed by atoms with van der Waals surface area (Å²) < 4.78 is 4.31. The predicted octanol–water partition coefficient (Wildman–Crippen LogP) is -0.982. The van der Waals surface area contributed by atoms with Crippen molar-refractivity contribution in [3.8, 4) is 0 Å². The average Bonchev–Trinajstić information content (AvgIpc) is 2.17. The molecule has 0 bridgehead atoms. The van der Waals surface area contributed by atoms with Crippen LogP contribution in [-0.2, 0) is 14.3 Å². The number of carboxylic acid groups (broad SMARTS) is 1. The fourth-order valence-electron chi connectivity index (χ4n) is 0.489. The molecule has 7 heteroatoms. The molecule has 0 fully saturated rings. The fourth-order valence-corrected chi connectivity index (χ4v) is 0.489. The minimum absolute atomic E-state index is 0.236. The number of esters is 1. The third-order valence-corrected chi connectivity index (χ3v) is 1.31. The molecule has 0 heterocycles. The lowest BCUT2D eigenvalue weighted by Gasteiger charge is -1.99. The molecule has 3 N–H and O–H groups in total. The van der Waals surface area contributed by atoms with E-state index in [1.165, 1.54) is 6.92 Å². The Labute approximate surface area is 80.3 Å². The first-order chi connectivity index (χ1) is 6.52. The lowest BCUT2D eigenvalue weighted by Crippen LogP contribution is -2.21. The summed E-state index contributed by atoms with van der Waals surface area (Å²) in [6, 6.07) is -0.962. The van der Waals surface area contributed by atoms with Gasteiger partial charge in [0, 0.05) is 0 Å². The molecule has 78 valence electrons. The van der Waals surface area contributed by atoms with Crippen molar-refractivity contribution in [2.75, 3.05) is 7.11 Å². The van der Waals surface area contributed by atoms with Gasteiger partial charge in [-0.25, -0.2) is 9.59 Å².